The lowest BCUT2D eigenvalue weighted by Gasteiger charge is -2.10. The fourth-order valence-electron chi connectivity index (χ4n) is 2.12. The summed E-state index contributed by atoms with van der Waals surface area (Å²) in [6.45, 7) is 0.325. The summed E-state index contributed by atoms with van der Waals surface area (Å²) in [5.74, 6) is 0.207. The van der Waals surface area contributed by atoms with Gasteiger partial charge in [0.1, 0.15) is 11.5 Å². The van der Waals surface area contributed by atoms with Gasteiger partial charge < -0.3 is 15.1 Å². The largest absolute Gasteiger partial charge is 0.467 e. The van der Waals surface area contributed by atoms with Crippen LogP contribution in [0.5, 0.6) is 0 Å². The number of benzene rings is 1. The van der Waals surface area contributed by atoms with Gasteiger partial charge >= 0.3 is 6.18 Å². The van der Waals surface area contributed by atoms with E-state index in [0.717, 1.165) is 12.1 Å². The predicted octanol–water partition coefficient (Wildman–Crippen LogP) is 3.95. The second-order valence-electron chi connectivity index (χ2n) is 5.23. The summed E-state index contributed by atoms with van der Waals surface area (Å²) >= 11 is 0. The molecule has 3 rings (SSSR count). The second kappa shape index (κ2) is 7.26. The molecule has 0 radical (unpaired) electrons. The predicted molar refractivity (Wildman–Crippen MR) is 87.5 cm³/mol. The average Bonchev–Trinajstić information content (AvgIpc) is 3.13. The summed E-state index contributed by atoms with van der Waals surface area (Å²) in [5.41, 5.74) is -0.813. The third kappa shape index (κ3) is 4.38. The Labute approximate surface area is 146 Å². The minimum Gasteiger partial charge on any atom is -0.467 e. The molecule has 0 fully saturated rings. The van der Waals surface area contributed by atoms with E-state index in [9.17, 15) is 18.0 Å². The molecule has 2 aromatic heterocycles. The summed E-state index contributed by atoms with van der Waals surface area (Å²) in [4.78, 5) is 20.3. The van der Waals surface area contributed by atoms with E-state index in [1.165, 1.54) is 30.7 Å². The molecule has 0 atom stereocenters. The number of carbonyl (C=O) groups excluding carboxylic acids is 1. The highest BCUT2D eigenvalue weighted by Crippen LogP contribution is 2.30. The number of amides is 1. The molecular weight excluding hydrogens is 349 g/mol. The molecule has 1 amide bonds. The molecule has 1 aromatic carbocycles. The van der Waals surface area contributed by atoms with E-state index >= 15 is 0 Å². The second-order valence-corrected chi connectivity index (χ2v) is 5.23. The molecule has 0 spiro atoms. The first-order chi connectivity index (χ1) is 12.4. The number of hydrogen-bond donors (Lipinski definition) is 2. The Morgan fingerprint density at radius 3 is 2.73 bits per heavy atom. The van der Waals surface area contributed by atoms with Crippen LogP contribution in [0.2, 0.25) is 0 Å². The third-order valence-electron chi connectivity index (χ3n) is 3.34. The monoisotopic (exact) mass is 362 g/mol. The molecule has 3 aromatic rings. The maximum Gasteiger partial charge on any atom is 0.416 e. The zero-order valence-corrected chi connectivity index (χ0v) is 13.2. The average molecular weight is 362 g/mol. The van der Waals surface area contributed by atoms with Crippen LogP contribution in [-0.4, -0.2) is 15.9 Å². The van der Waals surface area contributed by atoms with Crippen molar-refractivity contribution < 1.29 is 22.4 Å². The Morgan fingerprint density at radius 2 is 2.00 bits per heavy atom. The Bertz CT molecular complexity index is 895. The molecular formula is C17H13F3N4O2. The van der Waals surface area contributed by atoms with Crippen LogP contribution >= 0.6 is 0 Å². The van der Waals surface area contributed by atoms with Gasteiger partial charge in [-0.15, -0.1) is 0 Å². The van der Waals surface area contributed by atoms with E-state index in [1.807, 2.05) is 0 Å². The minimum absolute atomic E-state index is 0.0133. The molecule has 0 aliphatic rings. The molecule has 0 bridgehead atoms. The lowest BCUT2D eigenvalue weighted by molar-refractivity contribution is -0.137. The highest BCUT2D eigenvalue weighted by Gasteiger charge is 2.30. The zero-order chi connectivity index (χ0) is 18.6. The quantitative estimate of drug-likeness (QED) is 0.718. The van der Waals surface area contributed by atoms with E-state index in [0.29, 0.717) is 12.3 Å². The van der Waals surface area contributed by atoms with Gasteiger partial charge in [-0.05, 0) is 36.4 Å². The maximum atomic E-state index is 12.7. The lowest BCUT2D eigenvalue weighted by Crippen LogP contribution is -2.16. The smallest absolute Gasteiger partial charge is 0.416 e. The van der Waals surface area contributed by atoms with Gasteiger partial charge in [0.25, 0.3) is 5.91 Å². The van der Waals surface area contributed by atoms with E-state index in [2.05, 4.69) is 20.6 Å². The number of furan rings is 1. The number of carbonyl (C=O) groups is 1. The van der Waals surface area contributed by atoms with Crippen LogP contribution in [-0.2, 0) is 12.7 Å². The van der Waals surface area contributed by atoms with Crippen LogP contribution < -0.4 is 10.6 Å². The number of nitrogens with one attached hydrogen (secondary N) is 2. The van der Waals surface area contributed by atoms with E-state index < -0.39 is 17.6 Å². The molecule has 0 unspecified atom stereocenters. The van der Waals surface area contributed by atoms with Gasteiger partial charge in [0.05, 0.1) is 18.4 Å². The number of halogens is 3. The molecule has 9 heteroatoms. The summed E-state index contributed by atoms with van der Waals surface area (Å²) in [6, 6.07) is 9.22. The van der Waals surface area contributed by atoms with Crippen molar-refractivity contribution in [3.8, 4) is 0 Å². The Hall–Kier alpha value is -3.36. The number of aromatic nitrogens is 2. The van der Waals surface area contributed by atoms with Crippen molar-refractivity contribution >= 4 is 17.5 Å². The van der Waals surface area contributed by atoms with Crippen LogP contribution in [0, 0.1) is 0 Å². The summed E-state index contributed by atoms with van der Waals surface area (Å²) < 4.78 is 43.4. The van der Waals surface area contributed by atoms with Crippen molar-refractivity contribution in [1.82, 2.24) is 9.97 Å². The fourth-order valence-corrected chi connectivity index (χ4v) is 2.12. The maximum absolute atomic E-state index is 12.7. The molecule has 0 aliphatic heterocycles. The van der Waals surface area contributed by atoms with Crippen LogP contribution in [0.3, 0.4) is 0 Å². The number of alkyl halides is 3. The van der Waals surface area contributed by atoms with E-state index in [1.54, 1.807) is 12.1 Å². The first-order valence-electron chi connectivity index (χ1n) is 7.50. The van der Waals surface area contributed by atoms with Crippen molar-refractivity contribution in [2.45, 2.75) is 12.7 Å². The molecule has 0 saturated carbocycles. The Morgan fingerprint density at radius 1 is 1.15 bits per heavy atom. The molecule has 0 saturated heterocycles. The van der Waals surface area contributed by atoms with Crippen LogP contribution in [0.25, 0.3) is 0 Å². The van der Waals surface area contributed by atoms with Gasteiger partial charge in [-0.3, -0.25) is 4.79 Å². The van der Waals surface area contributed by atoms with Gasteiger partial charge in [0, 0.05) is 11.9 Å². The zero-order valence-electron chi connectivity index (χ0n) is 13.2. The number of anilines is 2. The first kappa shape index (κ1) is 17.5. The normalized spacial score (nSPS) is 11.2. The first-order valence-corrected chi connectivity index (χ1v) is 7.50. The number of nitrogens with zero attached hydrogens (tertiary/aromatic N) is 2. The Kier molecular flexibility index (Phi) is 4.87. The van der Waals surface area contributed by atoms with Gasteiger partial charge in [0.15, 0.2) is 0 Å². The van der Waals surface area contributed by atoms with E-state index in [-0.39, 0.29) is 17.3 Å². The van der Waals surface area contributed by atoms with Crippen molar-refractivity contribution in [1.29, 1.82) is 0 Å². The minimum atomic E-state index is -4.49. The molecule has 134 valence electrons. The van der Waals surface area contributed by atoms with Gasteiger partial charge in [-0.1, -0.05) is 6.07 Å². The van der Waals surface area contributed by atoms with Crippen molar-refractivity contribution in [3.63, 3.8) is 0 Å². The standard InChI is InChI=1S/C17H13F3N4O2/c18-17(19,20)11-3-1-4-12(9-11)23-15(25)14-6-7-21-16(24-14)22-10-13-5-2-8-26-13/h1-9H,10H2,(H,23,25)(H,21,22,24). The molecule has 2 N–H and O–H groups in total. The van der Waals surface area contributed by atoms with Crippen molar-refractivity contribution in [2.24, 2.45) is 0 Å². The molecule has 6 nitrogen and oxygen atoms in total. The van der Waals surface area contributed by atoms with Crippen LogP contribution in [0.15, 0.2) is 59.3 Å². The SMILES string of the molecule is O=C(Nc1cccc(C(F)(F)F)c1)c1ccnc(NCc2ccco2)n1. The molecule has 2 heterocycles. The van der Waals surface area contributed by atoms with Gasteiger partial charge in [-0.25, -0.2) is 9.97 Å². The number of rotatable bonds is 5. The lowest BCUT2D eigenvalue weighted by atomic mass is 10.2. The Balaban J connectivity index is 1.69. The van der Waals surface area contributed by atoms with E-state index in [4.69, 9.17) is 4.42 Å². The third-order valence-corrected chi connectivity index (χ3v) is 3.34. The highest BCUT2D eigenvalue weighted by atomic mass is 19.4. The molecule has 26 heavy (non-hydrogen) atoms. The summed E-state index contributed by atoms with van der Waals surface area (Å²) in [5, 5.41) is 5.28. The van der Waals surface area contributed by atoms with Crippen molar-refractivity contribution in [3.05, 3.63) is 71.9 Å². The van der Waals surface area contributed by atoms with Crippen LogP contribution in [0.4, 0.5) is 24.8 Å². The molecule has 0 aliphatic carbocycles. The number of hydrogen-bond acceptors (Lipinski definition) is 5. The van der Waals surface area contributed by atoms with Crippen molar-refractivity contribution in [2.75, 3.05) is 10.6 Å². The topological polar surface area (TPSA) is 80.0 Å². The fraction of sp³-hybridized carbons (Fsp3) is 0.118. The highest BCUT2D eigenvalue weighted by molar-refractivity contribution is 6.03. The van der Waals surface area contributed by atoms with Crippen LogP contribution in [0.1, 0.15) is 21.8 Å². The summed E-state index contributed by atoms with van der Waals surface area (Å²) in [7, 11) is 0. The van der Waals surface area contributed by atoms with Gasteiger partial charge in [-0.2, -0.15) is 13.2 Å². The summed E-state index contributed by atoms with van der Waals surface area (Å²) in [6.07, 6.45) is -1.59. The van der Waals surface area contributed by atoms with Gasteiger partial charge in [0.2, 0.25) is 5.95 Å².